The van der Waals surface area contributed by atoms with Crippen LogP contribution in [0.25, 0.3) is 33.4 Å². The van der Waals surface area contributed by atoms with E-state index in [1.165, 1.54) is 57.1 Å². The molecule has 0 spiro atoms. The van der Waals surface area contributed by atoms with Crippen molar-refractivity contribution in [2.45, 2.75) is 39.0 Å². The summed E-state index contributed by atoms with van der Waals surface area (Å²) in [5.74, 6) is -1.73. The molecule has 8 rings (SSSR count). The van der Waals surface area contributed by atoms with Crippen molar-refractivity contribution in [3.05, 3.63) is 144 Å². The van der Waals surface area contributed by atoms with Crippen LogP contribution >= 0.6 is 0 Å². The molecule has 2 amide bonds. The van der Waals surface area contributed by atoms with Gasteiger partial charge in [-0.15, -0.1) is 0 Å². The van der Waals surface area contributed by atoms with Crippen molar-refractivity contribution in [2.24, 2.45) is 0 Å². The zero-order valence-electron chi connectivity index (χ0n) is 39.5. The third kappa shape index (κ3) is 12.7. The Morgan fingerprint density at radius 1 is 0.589 bits per heavy atom. The summed E-state index contributed by atoms with van der Waals surface area (Å²) >= 11 is 0. The Labute approximate surface area is 411 Å². The number of amides is 2. The maximum atomic E-state index is 14.2. The molecule has 2 heterocycles. The molecule has 0 atom stereocenters. The number of halogens is 8. The molecule has 0 aliphatic carbocycles. The molecule has 6 aromatic carbocycles. The van der Waals surface area contributed by atoms with E-state index in [1.54, 1.807) is 78.6 Å². The van der Waals surface area contributed by atoms with Crippen molar-refractivity contribution in [1.29, 1.82) is 0 Å². The van der Waals surface area contributed by atoms with Gasteiger partial charge in [0.25, 0.3) is 11.8 Å². The van der Waals surface area contributed by atoms with Crippen LogP contribution in [0.2, 0.25) is 0 Å². The van der Waals surface area contributed by atoms with Crippen LogP contribution in [0.1, 0.15) is 44.7 Å². The number of phenols is 1. The van der Waals surface area contributed by atoms with E-state index in [0.29, 0.717) is 61.5 Å². The van der Waals surface area contributed by atoms with Crippen LogP contribution in [0.4, 0.5) is 46.5 Å². The Balaban J connectivity index is 0.000000214. The summed E-state index contributed by atoms with van der Waals surface area (Å²) in [7, 11) is 4.42. The number of benzene rings is 6. The van der Waals surface area contributed by atoms with Gasteiger partial charge < -0.3 is 40.6 Å². The topological polar surface area (TPSA) is 166 Å². The van der Waals surface area contributed by atoms with Gasteiger partial charge in [-0.05, 0) is 85.6 Å². The Morgan fingerprint density at radius 3 is 1.41 bits per heavy atom. The van der Waals surface area contributed by atoms with Crippen LogP contribution in [-0.4, -0.2) is 82.7 Å². The van der Waals surface area contributed by atoms with E-state index < -0.39 is 42.6 Å². The first-order chi connectivity index (χ1) is 34.6. The smallest absolute Gasteiger partial charge is 0.390 e. The Hall–Kier alpha value is -8.56. The van der Waals surface area contributed by atoms with Crippen molar-refractivity contribution < 1.29 is 64.0 Å². The molecule has 14 nitrogen and oxygen atoms in total. The highest BCUT2D eigenvalue weighted by Crippen LogP contribution is 2.37. The SMILES string of the molecule is CNC(=O)c1ccc(-n2cnc3c(NCCC(F)(F)F)cc(Oc4ccc(O)c(F)c4)cc32)cc1C.CNC(=O)c1ccc(-n2cnc3c(NCCC(F)(F)F)cc(Oc4ccc(OC)c(F)c4)cc32)cc1C. The van der Waals surface area contributed by atoms with E-state index in [9.17, 15) is 49.8 Å². The minimum absolute atomic E-state index is 0.0472. The number of hydrogen-bond acceptors (Lipinski definition) is 10. The number of aromatic hydroxyl groups is 1. The zero-order chi connectivity index (χ0) is 52.8. The van der Waals surface area contributed by atoms with Crippen LogP contribution in [0.3, 0.4) is 0 Å². The number of aromatic nitrogens is 4. The average Bonchev–Trinajstić information content (AvgIpc) is 3.97. The van der Waals surface area contributed by atoms with E-state index in [0.717, 1.165) is 23.8 Å². The summed E-state index contributed by atoms with van der Waals surface area (Å²) < 4.78 is 124. The predicted molar refractivity (Wildman–Crippen MR) is 258 cm³/mol. The lowest BCUT2D eigenvalue weighted by atomic mass is 10.1. The molecular formula is C51H46F8N8O6. The number of rotatable bonds is 15. The summed E-state index contributed by atoms with van der Waals surface area (Å²) in [5.41, 5.74) is 6.27. The number of carbonyl (C=O) groups excluding carboxylic acids is 2. The molecule has 8 aromatic rings. The Kier molecular flexibility index (Phi) is 15.6. The van der Waals surface area contributed by atoms with Crippen LogP contribution in [0.15, 0.2) is 110 Å². The quantitative estimate of drug-likeness (QED) is 0.0624. The number of phenolic OH excluding ortho intramolecular Hbond substituents is 1. The molecule has 0 unspecified atom stereocenters. The highest BCUT2D eigenvalue weighted by molar-refractivity contribution is 5.97. The maximum Gasteiger partial charge on any atom is 0.390 e. The van der Waals surface area contributed by atoms with Gasteiger partial charge in [-0.3, -0.25) is 18.7 Å². The molecular weight excluding hydrogens is 973 g/mol. The molecule has 382 valence electrons. The van der Waals surface area contributed by atoms with Crippen LogP contribution in [0, 0.1) is 25.5 Å². The first kappa shape index (κ1) is 52.3. The van der Waals surface area contributed by atoms with Gasteiger partial charge in [0, 0.05) is 86.1 Å². The fourth-order valence-corrected chi connectivity index (χ4v) is 7.57. The molecule has 0 saturated heterocycles. The molecule has 0 aliphatic heterocycles. The number of anilines is 2. The van der Waals surface area contributed by atoms with Crippen LogP contribution in [-0.2, 0) is 0 Å². The molecule has 0 fully saturated rings. The number of ether oxygens (including phenoxy) is 3. The highest BCUT2D eigenvalue weighted by Gasteiger charge is 2.28. The van der Waals surface area contributed by atoms with Gasteiger partial charge in [-0.25, -0.2) is 18.7 Å². The fraction of sp³-hybridized carbons (Fsp3) is 0.216. The Morgan fingerprint density at radius 2 is 1.03 bits per heavy atom. The van der Waals surface area contributed by atoms with E-state index in [2.05, 4.69) is 31.2 Å². The van der Waals surface area contributed by atoms with Gasteiger partial charge in [0.05, 0.1) is 42.4 Å². The highest BCUT2D eigenvalue weighted by atomic mass is 19.4. The molecule has 0 aliphatic rings. The van der Waals surface area contributed by atoms with E-state index in [1.807, 2.05) is 0 Å². The number of nitrogens with zero attached hydrogens (tertiary/aromatic N) is 4. The molecule has 22 heteroatoms. The standard InChI is InChI=1S/C26H24F4N4O3.C25H22F4N4O3/c1-15-10-16(4-6-19(15)25(35)31-2)34-14-33-24-21(32-9-8-26(28,29)30)12-18(13-22(24)34)37-17-5-7-23(36-3)20(27)11-17;1-14-9-15(3-5-18(14)24(35)30-2)33-13-32-23-20(31-8-7-25(27,28)29)11-17(12-21(23)33)36-16-4-6-22(34)19(26)10-16/h4-7,10-14,32H,8-9H2,1-3H3,(H,31,35);3-6,9-13,31,34H,7-8H2,1-2H3,(H,30,35). The lowest BCUT2D eigenvalue weighted by Gasteiger charge is -2.14. The van der Waals surface area contributed by atoms with E-state index in [4.69, 9.17) is 14.2 Å². The zero-order valence-corrected chi connectivity index (χ0v) is 39.5. The van der Waals surface area contributed by atoms with E-state index >= 15 is 0 Å². The van der Waals surface area contributed by atoms with Gasteiger partial charge in [0.15, 0.2) is 23.1 Å². The number of fused-ring (bicyclic) bond motifs is 2. The van der Waals surface area contributed by atoms with Gasteiger partial charge in [0.1, 0.15) is 46.7 Å². The lowest BCUT2D eigenvalue weighted by molar-refractivity contribution is -0.132. The first-order valence-electron chi connectivity index (χ1n) is 22.1. The lowest BCUT2D eigenvalue weighted by Crippen LogP contribution is -2.19. The largest absolute Gasteiger partial charge is 0.505 e. The minimum Gasteiger partial charge on any atom is -0.505 e. The van der Waals surface area contributed by atoms with Crippen molar-refractivity contribution in [3.8, 4) is 45.9 Å². The molecule has 5 N–H and O–H groups in total. The molecule has 0 saturated carbocycles. The number of aryl methyl sites for hydroxylation is 2. The number of carbonyl (C=O) groups is 2. The van der Waals surface area contributed by atoms with Crippen LogP contribution in [0.5, 0.6) is 34.5 Å². The monoisotopic (exact) mass is 1020 g/mol. The molecule has 73 heavy (non-hydrogen) atoms. The van der Waals surface area contributed by atoms with Gasteiger partial charge in [0.2, 0.25) is 0 Å². The number of alkyl halides is 6. The molecule has 2 aromatic heterocycles. The normalized spacial score (nSPS) is 11.5. The number of nitrogens with one attached hydrogen (secondary N) is 4. The van der Waals surface area contributed by atoms with Crippen molar-refractivity contribution >= 4 is 45.3 Å². The third-order valence-electron chi connectivity index (χ3n) is 11.1. The van der Waals surface area contributed by atoms with Gasteiger partial charge in [-0.2, -0.15) is 26.3 Å². The minimum atomic E-state index is -4.34. The summed E-state index contributed by atoms with van der Waals surface area (Å²) in [6, 6.07) is 24.2. The summed E-state index contributed by atoms with van der Waals surface area (Å²) in [6.07, 6.45) is -7.71. The first-order valence-corrected chi connectivity index (χ1v) is 22.1. The summed E-state index contributed by atoms with van der Waals surface area (Å²) in [4.78, 5) is 32.9. The van der Waals surface area contributed by atoms with Crippen molar-refractivity contribution in [1.82, 2.24) is 29.7 Å². The Bertz CT molecular complexity index is 3320. The third-order valence-corrected chi connectivity index (χ3v) is 11.1. The summed E-state index contributed by atoms with van der Waals surface area (Å²) in [5, 5.41) is 20.1. The van der Waals surface area contributed by atoms with E-state index in [-0.39, 0.29) is 53.7 Å². The molecule has 0 radical (unpaired) electrons. The number of hydrogen-bond donors (Lipinski definition) is 5. The average molecular weight is 1020 g/mol. The predicted octanol–water partition coefficient (Wildman–Crippen LogP) is 11.7. The van der Waals surface area contributed by atoms with Crippen molar-refractivity contribution in [3.63, 3.8) is 0 Å². The number of imidazole rings is 2. The summed E-state index contributed by atoms with van der Waals surface area (Å²) in [6.45, 7) is 2.82. The van der Waals surface area contributed by atoms with Crippen LogP contribution < -0.4 is 35.5 Å². The second kappa shape index (κ2) is 21.8. The van der Waals surface area contributed by atoms with Gasteiger partial charge >= 0.3 is 12.4 Å². The van der Waals surface area contributed by atoms with Gasteiger partial charge in [-0.1, -0.05) is 0 Å². The number of methoxy groups -OCH3 is 1. The fourth-order valence-electron chi connectivity index (χ4n) is 7.57. The second-order valence-electron chi connectivity index (χ2n) is 16.3. The molecule has 0 bridgehead atoms. The maximum absolute atomic E-state index is 14.2. The van der Waals surface area contributed by atoms with Crippen molar-refractivity contribution in [2.75, 3.05) is 44.9 Å². The second-order valence-corrected chi connectivity index (χ2v) is 16.3.